The lowest BCUT2D eigenvalue weighted by molar-refractivity contribution is -0.137. The Morgan fingerprint density at radius 3 is 1.92 bits per heavy atom. The average molecular weight is 334 g/mol. The molecule has 0 aliphatic carbocycles. The highest BCUT2D eigenvalue weighted by molar-refractivity contribution is 5.66. The normalized spacial score (nSPS) is 15.5. The number of carboxylic acids is 1. The Morgan fingerprint density at radius 1 is 0.875 bits per heavy atom. The largest absolute Gasteiger partial charge is 0.481 e. The van der Waals surface area contributed by atoms with Gasteiger partial charge in [-0.15, -0.1) is 0 Å². The minimum absolute atomic E-state index is 0.0922. The Balaban J connectivity index is 3.73. The third-order valence-electron chi connectivity index (χ3n) is 3.18. The fraction of sp³-hybridized carbons (Fsp3) is 0.450. The monoisotopic (exact) mass is 334 g/mol. The molecule has 4 nitrogen and oxygen atoms in total. The van der Waals surface area contributed by atoms with Crippen LogP contribution in [0.1, 0.15) is 45.4 Å². The summed E-state index contributed by atoms with van der Waals surface area (Å²) in [5.74, 6) is -0.831. The maximum Gasteiger partial charge on any atom is 0.303 e. The van der Waals surface area contributed by atoms with E-state index in [0.29, 0.717) is 12.8 Å². The van der Waals surface area contributed by atoms with Gasteiger partial charge in [0.25, 0.3) is 0 Å². The van der Waals surface area contributed by atoms with Crippen molar-refractivity contribution in [2.75, 3.05) is 0 Å². The van der Waals surface area contributed by atoms with Gasteiger partial charge in [-0.2, -0.15) is 0 Å². The second kappa shape index (κ2) is 16.0. The summed E-state index contributed by atoms with van der Waals surface area (Å²) in [5.41, 5.74) is 0. The van der Waals surface area contributed by atoms with Crippen LogP contribution in [0.15, 0.2) is 60.8 Å². The van der Waals surface area contributed by atoms with Crippen LogP contribution in [0.5, 0.6) is 0 Å². The minimum Gasteiger partial charge on any atom is -0.481 e. The van der Waals surface area contributed by atoms with Gasteiger partial charge in [0.05, 0.1) is 12.2 Å². The Labute approximate surface area is 145 Å². The lowest BCUT2D eigenvalue weighted by atomic mass is 10.1. The zero-order valence-corrected chi connectivity index (χ0v) is 14.4. The summed E-state index contributed by atoms with van der Waals surface area (Å²) in [5, 5.41) is 27.4. The van der Waals surface area contributed by atoms with Gasteiger partial charge in [0, 0.05) is 6.42 Å². The molecule has 2 atom stereocenters. The highest BCUT2D eigenvalue weighted by Gasteiger charge is 2.01. The maximum atomic E-state index is 10.3. The second-order valence-corrected chi connectivity index (χ2v) is 5.40. The van der Waals surface area contributed by atoms with Gasteiger partial charge < -0.3 is 15.3 Å². The highest BCUT2D eigenvalue weighted by Crippen LogP contribution is 2.02. The Morgan fingerprint density at radius 2 is 1.42 bits per heavy atom. The van der Waals surface area contributed by atoms with Crippen LogP contribution in [0.2, 0.25) is 0 Å². The molecule has 0 aliphatic heterocycles. The van der Waals surface area contributed by atoms with E-state index >= 15 is 0 Å². The molecule has 0 saturated heterocycles. The van der Waals surface area contributed by atoms with Crippen molar-refractivity contribution in [3.8, 4) is 0 Å². The lowest BCUT2D eigenvalue weighted by Crippen LogP contribution is -2.03. The summed E-state index contributed by atoms with van der Waals surface area (Å²) in [6.07, 6.45) is 21.5. The first-order valence-electron chi connectivity index (χ1n) is 8.45. The van der Waals surface area contributed by atoms with Crippen LogP contribution < -0.4 is 0 Å². The van der Waals surface area contributed by atoms with Crippen molar-refractivity contribution in [2.45, 2.75) is 57.7 Å². The van der Waals surface area contributed by atoms with Crippen molar-refractivity contribution in [3.05, 3.63) is 60.8 Å². The van der Waals surface area contributed by atoms with Gasteiger partial charge in [-0.3, -0.25) is 4.79 Å². The van der Waals surface area contributed by atoms with Crippen LogP contribution in [-0.4, -0.2) is 33.5 Å². The van der Waals surface area contributed by atoms with E-state index in [9.17, 15) is 15.0 Å². The molecule has 0 bridgehead atoms. The number of aliphatic carboxylic acids is 1. The molecular weight excluding hydrogens is 304 g/mol. The van der Waals surface area contributed by atoms with Gasteiger partial charge in [0.1, 0.15) is 0 Å². The summed E-state index contributed by atoms with van der Waals surface area (Å²) in [4.78, 5) is 10.3. The van der Waals surface area contributed by atoms with Crippen LogP contribution >= 0.6 is 0 Å². The Hall–Kier alpha value is -1.91. The third-order valence-corrected chi connectivity index (χ3v) is 3.18. The van der Waals surface area contributed by atoms with Crippen molar-refractivity contribution >= 4 is 5.97 Å². The first-order chi connectivity index (χ1) is 11.6. The standard InChI is InChI=1S/C20H30O4/c1-2-18(21)14-11-9-7-5-3-4-6-8-10-12-15-19(22)16-13-17-20(23)24/h3-4,7-12,14-15,18-19,21-22H,2,5-6,13,16-17H2,1H3,(H,23,24)/b4-3+,9-7+,10-8+,14-11+,15-12+/t18-,19-/m1/s1. The summed E-state index contributed by atoms with van der Waals surface area (Å²) >= 11 is 0. The molecule has 0 spiro atoms. The summed E-state index contributed by atoms with van der Waals surface area (Å²) in [7, 11) is 0. The number of hydrogen-bond donors (Lipinski definition) is 3. The maximum absolute atomic E-state index is 10.3. The summed E-state index contributed by atoms with van der Waals surface area (Å²) in [6.45, 7) is 1.93. The Bertz CT molecular complexity index is 458. The van der Waals surface area contributed by atoms with Crippen molar-refractivity contribution < 1.29 is 20.1 Å². The van der Waals surface area contributed by atoms with Crippen LogP contribution in [0, 0.1) is 0 Å². The molecule has 3 N–H and O–H groups in total. The zero-order chi connectivity index (χ0) is 18.0. The molecule has 0 unspecified atom stereocenters. The van der Waals surface area contributed by atoms with E-state index < -0.39 is 12.1 Å². The van der Waals surface area contributed by atoms with E-state index in [-0.39, 0.29) is 12.5 Å². The Kier molecular flexibility index (Phi) is 14.7. The number of aliphatic hydroxyl groups excluding tert-OH is 2. The van der Waals surface area contributed by atoms with Crippen LogP contribution in [-0.2, 0) is 4.79 Å². The van der Waals surface area contributed by atoms with Crippen LogP contribution in [0.3, 0.4) is 0 Å². The SMILES string of the molecule is CC[C@@H](O)/C=C/C=C/C/C=C/C/C=C/C=C/[C@@H](O)CCCC(=O)O. The quantitative estimate of drug-likeness (QED) is 0.352. The first kappa shape index (κ1) is 22.1. The van der Waals surface area contributed by atoms with Gasteiger partial charge in [0.2, 0.25) is 0 Å². The van der Waals surface area contributed by atoms with Gasteiger partial charge in [-0.1, -0.05) is 67.7 Å². The number of hydrogen-bond acceptors (Lipinski definition) is 3. The smallest absolute Gasteiger partial charge is 0.303 e. The average Bonchev–Trinajstić information content (AvgIpc) is 2.55. The predicted molar refractivity (Wildman–Crippen MR) is 98.7 cm³/mol. The molecule has 0 heterocycles. The number of carbonyl (C=O) groups is 1. The fourth-order valence-corrected chi connectivity index (χ4v) is 1.74. The molecule has 0 amide bonds. The van der Waals surface area contributed by atoms with Gasteiger partial charge in [-0.05, 0) is 32.1 Å². The molecule has 4 heteroatoms. The number of allylic oxidation sites excluding steroid dienone is 8. The second-order valence-electron chi connectivity index (χ2n) is 5.40. The minimum atomic E-state index is -0.831. The van der Waals surface area contributed by atoms with E-state index in [1.807, 2.05) is 37.3 Å². The predicted octanol–water partition coefficient (Wildman–Crippen LogP) is 3.93. The van der Waals surface area contributed by atoms with E-state index in [2.05, 4.69) is 12.2 Å². The molecule has 0 aromatic rings. The molecule has 0 aromatic carbocycles. The first-order valence-corrected chi connectivity index (χ1v) is 8.45. The lowest BCUT2D eigenvalue weighted by Gasteiger charge is -2.02. The van der Waals surface area contributed by atoms with Gasteiger partial charge >= 0.3 is 5.97 Å². The van der Waals surface area contributed by atoms with Crippen molar-refractivity contribution in [2.24, 2.45) is 0 Å². The third kappa shape index (κ3) is 16.5. The van der Waals surface area contributed by atoms with E-state index in [1.165, 1.54) is 0 Å². The van der Waals surface area contributed by atoms with Crippen molar-refractivity contribution in [1.82, 2.24) is 0 Å². The molecule has 0 aromatic heterocycles. The molecule has 0 radical (unpaired) electrons. The van der Waals surface area contributed by atoms with Crippen LogP contribution in [0.25, 0.3) is 0 Å². The molecule has 0 rings (SSSR count). The summed E-state index contributed by atoms with van der Waals surface area (Å²) in [6, 6.07) is 0. The van der Waals surface area contributed by atoms with Crippen molar-refractivity contribution in [3.63, 3.8) is 0 Å². The molecular formula is C20H30O4. The molecule has 0 fully saturated rings. The molecule has 0 saturated carbocycles. The highest BCUT2D eigenvalue weighted by atomic mass is 16.4. The fourth-order valence-electron chi connectivity index (χ4n) is 1.74. The van der Waals surface area contributed by atoms with Gasteiger partial charge in [0.15, 0.2) is 0 Å². The zero-order valence-electron chi connectivity index (χ0n) is 14.4. The van der Waals surface area contributed by atoms with E-state index in [4.69, 9.17) is 5.11 Å². The molecule has 134 valence electrons. The van der Waals surface area contributed by atoms with Crippen molar-refractivity contribution in [1.29, 1.82) is 0 Å². The molecule has 24 heavy (non-hydrogen) atoms. The van der Waals surface area contributed by atoms with E-state index in [0.717, 1.165) is 19.3 Å². The topological polar surface area (TPSA) is 77.8 Å². The van der Waals surface area contributed by atoms with Crippen LogP contribution in [0.4, 0.5) is 0 Å². The molecule has 0 aliphatic rings. The van der Waals surface area contributed by atoms with E-state index in [1.54, 1.807) is 18.2 Å². The number of carboxylic acid groups (broad SMARTS) is 1. The number of rotatable bonds is 13. The summed E-state index contributed by atoms with van der Waals surface area (Å²) < 4.78 is 0. The van der Waals surface area contributed by atoms with Gasteiger partial charge in [-0.25, -0.2) is 0 Å². The number of aliphatic hydroxyl groups is 2.